The summed E-state index contributed by atoms with van der Waals surface area (Å²) in [7, 11) is 0. The number of hydrogen-bond acceptors (Lipinski definition) is 4. The number of guanidine groups is 1. The minimum atomic E-state index is 0. The lowest BCUT2D eigenvalue weighted by Crippen LogP contribution is -2.48. The lowest BCUT2D eigenvalue weighted by atomic mass is 10.00. The monoisotopic (exact) mass is 539 g/mol. The van der Waals surface area contributed by atoms with Crippen molar-refractivity contribution in [2.75, 3.05) is 44.2 Å². The van der Waals surface area contributed by atoms with E-state index in [1.165, 1.54) is 16.1 Å². The van der Waals surface area contributed by atoms with Crippen molar-refractivity contribution in [1.82, 2.24) is 15.5 Å². The van der Waals surface area contributed by atoms with Crippen LogP contribution >= 0.6 is 35.3 Å². The summed E-state index contributed by atoms with van der Waals surface area (Å²) in [5, 5.41) is 10.7. The van der Waals surface area contributed by atoms with Gasteiger partial charge in [-0.25, -0.2) is 0 Å². The molecule has 0 unspecified atom stereocenters. The molecule has 1 aromatic carbocycles. The number of nitrogens with zero attached hydrogens (tertiary/aromatic N) is 3. The Morgan fingerprint density at radius 2 is 1.90 bits per heavy atom. The molecule has 0 aliphatic carbocycles. The Labute approximate surface area is 202 Å². The Balaban J connectivity index is 0.00000256. The number of rotatable bonds is 6. The van der Waals surface area contributed by atoms with Gasteiger partial charge in [-0.05, 0) is 54.8 Å². The van der Waals surface area contributed by atoms with Crippen LogP contribution < -0.4 is 15.5 Å². The SMILES string of the molecule is CCNC(=NCCN1CCc2ccccc2C1)NC1CCN(c2cccs2)CC1.I. The number of benzene rings is 1. The van der Waals surface area contributed by atoms with E-state index >= 15 is 0 Å². The van der Waals surface area contributed by atoms with E-state index in [4.69, 9.17) is 4.99 Å². The van der Waals surface area contributed by atoms with E-state index in [0.29, 0.717) is 6.04 Å². The lowest BCUT2D eigenvalue weighted by molar-refractivity contribution is 0.261. The zero-order chi connectivity index (χ0) is 19.9. The average molecular weight is 540 g/mol. The zero-order valence-corrected chi connectivity index (χ0v) is 21.0. The third-order valence-corrected chi connectivity index (χ3v) is 6.82. The molecule has 7 heteroatoms. The minimum absolute atomic E-state index is 0. The summed E-state index contributed by atoms with van der Waals surface area (Å²) in [6, 6.07) is 13.7. The zero-order valence-electron chi connectivity index (χ0n) is 17.8. The molecule has 2 aliphatic heterocycles. The average Bonchev–Trinajstić information content (AvgIpc) is 3.29. The predicted molar refractivity (Wildman–Crippen MR) is 140 cm³/mol. The maximum atomic E-state index is 4.87. The van der Waals surface area contributed by atoms with Crippen LogP contribution in [0.3, 0.4) is 0 Å². The molecule has 3 heterocycles. The number of fused-ring (bicyclic) bond motifs is 1. The molecule has 0 radical (unpaired) electrons. The van der Waals surface area contributed by atoms with Crippen molar-refractivity contribution in [3.05, 3.63) is 52.9 Å². The van der Waals surface area contributed by atoms with Crippen LogP contribution in [0.4, 0.5) is 5.00 Å². The van der Waals surface area contributed by atoms with Gasteiger partial charge in [0.05, 0.1) is 11.5 Å². The van der Waals surface area contributed by atoms with Gasteiger partial charge in [0.15, 0.2) is 5.96 Å². The maximum absolute atomic E-state index is 4.87. The second-order valence-electron chi connectivity index (χ2n) is 7.91. The van der Waals surface area contributed by atoms with Gasteiger partial charge in [-0.15, -0.1) is 35.3 Å². The number of halogens is 1. The van der Waals surface area contributed by atoms with E-state index in [2.05, 4.69) is 69.1 Å². The highest BCUT2D eigenvalue weighted by atomic mass is 127. The summed E-state index contributed by atoms with van der Waals surface area (Å²) in [6.07, 6.45) is 3.47. The molecule has 2 aliphatic rings. The maximum Gasteiger partial charge on any atom is 0.191 e. The Morgan fingerprint density at radius 3 is 2.63 bits per heavy atom. The molecule has 1 saturated heterocycles. The van der Waals surface area contributed by atoms with Crippen LogP contribution in [0.1, 0.15) is 30.9 Å². The highest BCUT2D eigenvalue weighted by molar-refractivity contribution is 14.0. The number of thiophene rings is 1. The molecular formula is C23H34IN5S. The molecule has 1 aromatic heterocycles. The van der Waals surface area contributed by atoms with Crippen LogP contribution in [0.2, 0.25) is 0 Å². The van der Waals surface area contributed by atoms with E-state index in [1.54, 1.807) is 0 Å². The van der Waals surface area contributed by atoms with Gasteiger partial charge in [-0.3, -0.25) is 9.89 Å². The molecule has 30 heavy (non-hydrogen) atoms. The molecule has 0 atom stereocenters. The van der Waals surface area contributed by atoms with Crippen molar-refractivity contribution in [2.24, 2.45) is 4.99 Å². The fourth-order valence-corrected chi connectivity index (χ4v) is 5.04. The van der Waals surface area contributed by atoms with Crippen LogP contribution in [-0.4, -0.2) is 56.2 Å². The highest BCUT2D eigenvalue weighted by Gasteiger charge is 2.21. The summed E-state index contributed by atoms with van der Waals surface area (Å²) >= 11 is 1.84. The first-order chi connectivity index (χ1) is 14.3. The standard InChI is InChI=1S/C23H33N5S.HI/c1-2-24-23(26-21-10-14-28(15-11-21)22-8-5-17-29-22)25-12-16-27-13-9-19-6-3-4-7-20(19)18-27;/h3-8,17,21H,2,9-16,18H2,1H3,(H2,24,25,26);1H. The van der Waals surface area contributed by atoms with E-state index in [9.17, 15) is 0 Å². The first kappa shape index (κ1) is 23.3. The number of aliphatic imine (C=N–C) groups is 1. The Hall–Kier alpha value is -1.32. The van der Waals surface area contributed by atoms with Crippen molar-refractivity contribution in [3.63, 3.8) is 0 Å². The Bertz CT molecular complexity index is 787. The van der Waals surface area contributed by atoms with Crippen LogP contribution in [0.25, 0.3) is 0 Å². The second kappa shape index (κ2) is 11.9. The van der Waals surface area contributed by atoms with Crippen molar-refractivity contribution in [3.8, 4) is 0 Å². The van der Waals surface area contributed by atoms with Crippen molar-refractivity contribution in [2.45, 2.75) is 38.8 Å². The molecule has 4 rings (SSSR count). The predicted octanol–water partition coefficient (Wildman–Crippen LogP) is 3.95. The van der Waals surface area contributed by atoms with Crippen LogP contribution in [0, 0.1) is 0 Å². The molecule has 0 amide bonds. The normalized spacial score (nSPS) is 17.9. The van der Waals surface area contributed by atoms with E-state index in [0.717, 1.165) is 71.0 Å². The highest BCUT2D eigenvalue weighted by Crippen LogP contribution is 2.24. The van der Waals surface area contributed by atoms with Crippen LogP contribution in [-0.2, 0) is 13.0 Å². The number of anilines is 1. The fraction of sp³-hybridized carbons (Fsp3) is 0.522. The van der Waals surface area contributed by atoms with Gasteiger partial charge in [0.25, 0.3) is 0 Å². The summed E-state index contributed by atoms with van der Waals surface area (Å²) in [4.78, 5) is 9.89. The number of nitrogens with one attached hydrogen (secondary N) is 2. The molecule has 0 saturated carbocycles. The third-order valence-electron chi connectivity index (χ3n) is 5.89. The Kier molecular flexibility index (Phi) is 9.27. The minimum Gasteiger partial charge on any atom is -0.363 e. The van der Waals surface area contributed by atoms with Crippen LogP contribution in [0.5, 0.6) is 0 Å². The second-order valence-corrected chi connectivity index (χ2v) is 8.84. The molecular weight excluding hydrogens is 505 g/mol. The van der Waals surface area contributed by atoms with Crippen molar-refractivity contribution < 1.29 is 0 Å². The van der Waals surface area contributed by atoms with Gasteiger partial charge in [-0.1, -0.05) is 24.3 Å². The summed E-state index contributed by atoms with van der Waals surface area (Å²) < 4.78 is 0. The van der Waals surface area contributed by atoms with Gasteiger partial charge in [-0.2, -0.15) is 0 Å². The largest absolute Gasteiger partial charge is 0.363 e. The topological polar surface area (TPSA) is 42.9 Å². The Morgan fingerprint density at radius 1 is 1.10 bits per heavy atom. The van der Waals surface area contributed by atoms with Gasteiger partial charge in [0, 0.05) is 45.3 Å². The van der Waals surface area contributed by atoms with Crippen molar-refractivity contribution >= 4 is 46.3 Å². The van der Waals surface area contributed by atoms with Gasteiger partial charge < -0.3 is 15.5 Å². The molecule has 2 aromatic rings. The lowest BCUT2D eigenvalue weighted by Gasteiger charge is -2.33. The number of hydrogen-bond donors (Lipinski definition) is 2. The van der Waals surface area contributed by atoms with Crippen molar-refractivity contribution in [1.29, 1.82) is 0 Å². The molecule has 2 N–H and O–H groups in total. The van der Waals surface area contributed by atoms with E-state index in [-0.39, 0.29) is 24.0 Å². The van der Waals surface area contributed by atoms with Gasteiger partial charge in [0.2, 0.25) is 0 Å². The molecule has 0 bridgehead atoms. The van der Waals surface area contributed by atoms with Crippen LogP contribution in [0.15, 0.2) is 46.8 Å². The summed E-state index contributed by atoms with van der Waals surface area (Å²) in [5.41, 5.74) is 2.99. The van der Waals surface area contributed by atoms with E-state index < -0.39 is 0 Å². The van der Waals surface area contributed by atoms with E-state index in [1.807, 2.05) is 11.3 Å². The molecule has 164 valence electrons. The first-order valence-electron chi connectivity index (χ1n) is 10.9. The molecule has 5 nitrogen and oxygen atoms in total. The molecule has 1 fully saturated rings. The third kappa shape index (κ3) is 6.34. The van der Waals surface area contributed by atoms with Gasteiger partial charge >= 0.3 is 0 Å². The summed E-state index contributed by atoms with van der Waals surface area (Å²) in [5.74, 6) is 0.972. The fourth-order valence-electron chi connectivity index (χ4n) is 4.26. The smallest absolute Gasteiger partial charge is 0.191 e. The first-order valence-corrected chi connectivity index (χ1v) is 11.8. The number of piperidine rings is 1. The summed E-state index contributed by atoms with van der Waals surface area (Å²) in [6.45, 7) is 9.31. The molecule has 0 spiro atoms. The quantitative estimate of drug-likeness (QED) is 0.332. The van der Waals surface area contributed by atoms with Gasteiger partial charge in [0.1, 0.15) is 0 Å².